The van der Waals surface area contributed by atoms with Gasteiger partial charge in [-0.3, -0.25) is 0 Å². The smallest absolute Gasteiger partial charge is 0.348 e. The number of rotatable bonds is 1. The van der Waals surface area contributed by atoms with Crippen LogP contribution < -0.4 is 10.9 Å². The fourth-order valence-corrected chi connectivity index (χ4v) is 2.28. The molecule has 2 heterocycles. The number of nitrogens with zero attached hydrogens (tertiary/aromatic N) is 1. The van der Waals surface area contributed by atoms with Crippen LogP contribution in [0.15, 0.2) is 38.5 Å². The van der Waals surface area contributed by atoms with Crippen LogP contribution in [0, 0.1) is 6.92 Å². The van der Waals surface area contributed by atoms with E-state index in [1.165, 1.54) is 6.07 Å². The molecule has 1 aliphatic heterocycles. The number of nitrogens with one attached hydrogen (secondary N) is 1. The van der Waals surface area contributed by atoms with Gasteiger partial charge in [0.25, 0.3) is 0 Å². The Balaban J connectivity index is 2.15. The maximum absolute atomic E-state index is 11.9. The molecule has 0 atom stereocenters. The lowest BCUT2D eigenvalue weighted by atomic mass is 10.1. The molecule has 0 amide bonds. The van der Waals surface area contributed by atoms with Gasteiger partial charge in [-0.05, 0) is 25.1 Å². The first-order chi connectivity index (χ1) is 9.54. The summed E-state index contributed by atoms with van der Waals surface area (Å²) in [5, 5.41) is 13.6. The molecule has 6 heteroatoms. The van der Waals surface area contributed by atoms with Gasteiger partial charge in [-0.2, -0.15) is 0 Å². The third kappa shape index (κ3) is 2.16. The normalized spacial score (nSPS) is 13.4. The van der Waals surface area contributed by atoms with Crippen molar-refractivity contribution >= 4 is 28.7 Å². The predicted molar refractivity (Wildman–Crippen MR) is 77.5 cm³/mol. The van der Waals surface area contributed by atoms with E-state index in [-0.39, 0.29) is 11.3 Å². The number of anilines is 1. The summed E-state index contributed by atoms with van der Waals surface area (Å²) in [6.45, 7) is 1.93. The monoisotopic (exact) mass is 290 g/mol. The quantitative estimate of drug-likeness (QED) is 0.847. The fraction of sp³-hybridized carbons (Fsp3) is 0.143. The standard InChI is InChI=1S/C14H11ClN2O3/c1-7-4-12(18)13(14(19)20-7)11-6-16-9-3-2-8(15)5-10(9)17-11/h2-5,16,18H,6H2,1H3. The number of aliphatic imine (C=N–C) groups is 1. The Morgan fingerprint density at radius 2 is 2.20 bits per heavy atom. The second-order valence-corrected chi connectivity index (χ2v) is 4.91. The molecule has 20 heavy (non-hydrogen) atoms. The van der Waals surface area contributed by atoms with Gasteiger partial charge < -0.3 is 14.8 Å². The van der Waals surface area contributed by atoms with E-state index >= 15 is 0 Å². The first-order valence-corrected chi connectivity index (χ1v) is 6.37. The van der Waals surface area contributed by atoms with E-state index in [2.05, 4.69) is 10.3 Å². The molecule has 0 saturated carbocycles. The Labute approximate surface area is 119 Å². The van der Waals surface area contributed by atoms with E-state index in [1.54, 1.807) is 19.1 Å². The molecule has 5 nitrogen and oxygen atoms in total. The molecule has 0 bridgehead atoms. The third-order valence-corrected chi connectivity index (χ3v) is 3.24. The zero-order chi connectivity index (χ0) is 14.3. The second kappa shape index (κ2) is 4.68. The molecule has 1 aliphatic rings. The van der Waals surface area contributed by atoms with Crippen molar-refractivity contribution in [1.82, 2.24) is 0 Å². The number of benzene rings is 1. The number of hydrogen-bond donors (Lipinski definition) is 2. The Morgan fingerprint density at radius 3 is 2.95 bits per heavy atom. The minimum Gasteiger partial charge on any atom is -0.507 e. The number of hydrogen-bond acceptors (Lipinski definition) is 5. The van der Waals surface area contributed by atoms with E-state index in [0.29, 0.717) is 28.7 Å². The van der Waals surface area contributed by atoms with Gasteiger partial charge in [0.2, 0.25) is 0 Å². The van der Waals surface area contributed by atoms with Crippen molar-refractivity contribution in [3.05, 3.63) is 51.0 Å². The second-order valence-electron chi connectivity index (χ2n) is 4.48. The Hall–Kier alpha value is -2.27. The van der Waals surface area contributed by atoms with Crippen molar-refractivity contribution in [3.8, 4) is 5.75 Å². The van der Waals surface area contributed by atoms with Crippen LogP contribution >= 0.6 is 11.6 Å². The molecule has 3 rings (SSSR count). The van der Waals surface area contributed by atoms with Gasteiger partial charge in [0.05, 0.1) is 23.6 Å². The Morgan fingerprint density at radius 1 is 1.40 bits per heavy atom. The third-order valence-electron chi connectivity index (χ3n) is 3.00. The zero-order valence-corrected chi connectivity index (χ0v) is 11.4. The van der Waals surface area contributed by atoms with Gasteiger partial charge in [0, 0.05) is 11.1 Å². The summed E-state index contributed by atoms with van der Waals surface area (Å²) in [5.41, 5.74) is 1.35. The van der Waals surface area contributed by atoms with Gasteiger partial charge >= 0.3 is 5.63 Å². The molecule has 1 aromatic heterocycles. The van der Waals surface area contributed by atoms with Crippen molar-refractivity contribution < 1.29 is 9.52 Å². The van der Waals surface area contributed by atoms with Gasteiger partial charge in [0.1, 0.15) is 17.1 Å². The summed E-state index contributed by atoms with van der Waals surface area (Å²) in [6.07, 6.45) is 0. The lowest BCUT2D eigenvalue weighted by molar-refractivity contribution is 0.432. The largest absolute Gasteiger partial charge is 0.507 e. The molecule has 2 N–H and O–H groups in total. The molecule has 0 aliphatic carbocycles. The highest BCUT2D eigenvalue weighted by Crippen LogP contribution is 2.32. The molecular formula is C14H11ClN2O3. The average Bonchev–Trinajstić information content (AvgIpc) is 2.37. The molecule has 0 unspecified atom stereocenters. The van der Waals surface area contributed by atoms with Gasteiger partial charge in [-0.15, -0.1) is 0 Å². The Kier molecular flexibility index (Phi) is 2.99. The lowest BCUT2D eigenvalue weighted by Gasteiger charge is -2.17. The summed E-state index contributed by atoms with van der Waals surface area (Å²) >= 11 is 5.93. The van der Waals surface area contributed by atoms with Crippen LogP contribution in [-0.4, -0.2) is 17.4 Å². The maximum Gasteiger partial charge on any atom is 0.348 e. The summed E-state index contributed by atoms with van der Waals surface area (Å²) in [7, 11) is 0. The van der Waals surface area contributed by atoms with Gasteiger partial charge in [0.15, 0.2) is 0 Å². The Bertz CT molecular complexity index is 780. The summed E-state index contributed by atoms with van der Waals surface area (Å²) < 4.78 is 5.00. The van der Waals surface area contributed by atoms with Gasteiger partial charge in [-0.25, -0.2) is 9.79 Å². The molecule has 0 radical (unpaired) electrons. The first kappa shape index (κ1) is 12.7. The number of aryl methyl sites for hydroxylation is 1. The van der Waals surface area contributed by atoms with Crippen molar-refractivity contribution in [3.63, 3.8) is 0 Å². The van der Waals surface area contributed by atoms with Crippen LogP contribution in [0.5, 0.6) is 5.75 Å². The van der Waals surface area contributed by atoms with Crippen LogP contribution in [0.25, 0.3) is 0 Å². The molecule has 102 valence electrons. The molecule has 0 saturated heterocycles. The van der Waals surface area contributed by atoms with Gasteiger partial charge in [-0.1, -0.05) is 11.6 Å². The fourth-order valence-electron chi connectivity index (χ4n) is 2.12. The van der Waals surface area contributed by atoms with Crippen molar-refractivity contribution in [2.45, 2.75) is 6.92 Å². The molecule has 1 aromatic carbocycles. The van der Waals surface area contributed by atoms with Crippen LogP contribution in [0.1, 0.15) is 11.3 Å². The van der Waals surface area contributed by atoms with E-state index in [4.69, 9.17) is 16.0 Å². The number of fused-ring (bicyclic) bond motifs is 1. The zero-order valence-electron chi connectivity index (χ0n) is 10.6. The topological polar surface area (TPSA) is 74.8 Å². The summed E-state index contributed by atoms with van der Waals surface area (Å²) in [6, 6.07) is 6.66. The predicted octanol–water partition coefficient (Wildman–Crippen LogP) is 2.85. The highest BCUT2D eigenvalue weighted by molar-refractivity contribution is 6.31. The molecule has 0 spiro atoms. The minimum atomic E-state index is -0.603. The van der Waals surface area contributed by atoms with E-state index in [9.17, 15) is 9.90 Å². The number of aromatic hydroxyl groups is 1. The highest BCUT2D eigenvalue weighted by Gasteiger charge is 2.20. The molecule has 0 fully saturated rings. The van der Waals surface area contributed by atoms with Crippen molar-refractivity contribution in [2.24, 2.45) is 4.99 Å². The van der Waals surface area contributed by atoms with E-state index in [0.717, 1.165) is 5.69 Å². The maximum atomic E-state index is 11.9. The lowest BCUT2D eigenvalue weighted by Crippen LogP contribution is -2.24. The minimum absolute atomic E-state index is 0.0775. The number of halogens is 1. The molecular weight excluding hydrogens is 280 g/mol. The summed E-state index contributed by atoms with van der Waals surface area (Å²) in [5.74, 6) is 0.217. The van der Waals surface area contributed by atoms with Crippen molar-refractivity contribution in [1.29, 1.82) is 0 Å². The van der Waals surface area contributed by atoms with Crippen LogP contribution in [0.3, 0.4) is 0 Å². The van der Waals surface area contributed by atoms with Crippen LogP contribution in [0.2, 0.25) is 5.02 Å². The molecule has 2 aromatic rings. The van der Waals surface area contributed by atoms with E-state index in [1.807, 2.05) is 6.07 Å². The first-order valence-electron chi connectivity index (χ1n) is 5.99. The van der Waals surface area contributed by atoms with E-state index < -0.39 is 5.63 Å². The van der Waals surface area contributed by atoms with Crippen LogP contribution in [-0.2, 0) is 0 Å². The van der Waals surface area contributed by atoms with Crippen LogP contribution in [0.4, 0.5) is 11.4 Å². The average molecular weight is 291 g/mol. The van der Waals surface area contributed by atoms with Crippen molar-refractivity contribution in [2.75, 3.05) is 11.9 Å². The summed E-state index contributed by atoms with van der Waals surface area (Å²) in [4.78, 5) is 16.3. The highest BCUT2D eigenvalue weighted by atomic mass is 35.5. The SMILES string of the molecule is Cc1cc(O)c(C2=Nc3cc(Cl)ccc3NC2)c(=O)o1.